The predicted octanol–water partition coefficient (Wildman–Crippen LogP) is 1.15. The molecule has 0 aromatic carbocycles. The highest BCUT2D eigenvalue weighted by molar-refractivity contribution is 7.98. The average Bonchev–Trinajstić information content (AvgIpc) is 2.84. The minimum atomic E-state index is -0.142. The van der Waals surface area contributed by atoms with Crippen molar-refractivity contribution in [3.8, 4) is 0 Å². The van der Waals surface area contributed by atoms with Crippen molar-refractivity contribution in [3.05, 3.63) is 24.0 Å². The first-order valence-corrected chi connectivity index (χ1v) is 7.70. The molecule has 2 N–H and O–H groups in total. The fraction of sp³-hybridized carbons (Fsp3) is 0.538. The highest BCUT2D eigenvalue weighted by atomic mass is 32.2. The van der Waals surface area contributed by atoms with Gasteiger partial charge in [0.1, 0.15) is 0 Å². The molecule has 1 atom stereocenters. The van der Waals surface area contributed by atoms with Crippen molar-refractivity contribution in [2.45, 2.75) is 25.9 Å². The van der Waals surface area contributed by atoms with Crippen molar-refractivity contribution in [2.75, 3.05) is 18.6 Å². The van der Waals surface area contributed by atoms with Crippen LogP contribution in [0.25, 0.3) is 6.08 Å². The average molecular weight is 283 g/mol. The SMILES string of the molecule is CCn1nccc1/C=C/C(=O)NC(CCO)CSC. The standard InChI is InChI=1S/C13H21N3O2S/c1-3-16-12(6-8-14-16)4-5-13(18)15-11(7-9-17)10-19-2/h4-6,8,11,17H,3,7,9-10H2,1-2H3,(H,15,18)/b5-4+. The molecule has 0 aliphatic carbocycles. The molecule has 6 heteroatoms. The predicted molar refractivity (Wildman–Crippen MR) is 79.0 cm³/mol. The number of aryl methyl sites for hydroxylation is 1. The number of nitrogens with one attached hydrogen (secondary N) is 1. The zero-order valence-corrected chi connectivity index (χ0v) is 12.2. The molecule has 1 rings (SSSR count). The lowest BCUT2D eigenvalue weighted by Gasteiger charge is -2.15. The summed E-state index contributed by atoms with van der Waals surface area (Å²) < 4.78 is 1.82. The normalized spacial score (nSPS) is 12.8. The third kappa shape index (κ3) is 5.48. The Balaban J connectivity index is 2.53. The van der Waals surface area contributed by atoms with Crippen molar-refractivity contribution in [1.29, 1.82) is 0 Å². The zero-order chi connectivity index (χ0) is 14.1. The second-order valence-corrected chi connectivity index (χ2v) is 4.99. The summed E-state index contributed by atoms with van der Waals surface area (Å²) in [6.45, 7) is 2.85. The number of carbonyl (C=O) groups is 1. The molecule has 1 aromatic rings. The Morgan fingerprint density at radius 3 is 3.11 bits per heavy atom. The maximum atomic E-state index is 11.8. The van der Waals surface area contributed by atoms with Crippen molar-refractivity contribution in [2.24, 2.45) is 0 Å². The van der Waals surface area contributed by atoms with E-state index in [-0.39, 0.29) is 18.6 Å². The highest BCUT2D eigenvalue weighted by Gasteiger charge is 2.09. The monoisotopic (exact) mass is 283 g/mol. The first kappa shape index (κ1) is 15.8. The number of nitrogens with zero attached hydrogens (tertiary/aromatic N) is 2. The molecule has 1 aromatic heterocycles. The molecule has 0 spiro atoms. The third-order valence-corrected chi connectivity index (χ3v) is 3.38. The van der Waals surface area contributed by atoms with E-state index in [1.807, 2.05) is 23.9 Å². The Kier molecular flexibility index (Phi) is 7.28. The largest absolute Gasteiger partial charge is 0.396 e. The molecule has 5 nitrogen and oxygen atoms in total. The van der Waals surface area contributed by atoms with E-state index in [2.05, 4.69) is 10.4 Å². The second kappa shape index (κ2) is 8.77. The van der Waals surface area contributed by atoms with Crippen LogP contribution >= 0.6 is 11.8 Å². The van der Waals surface area contributed by atoms with Gasteiger partial charge < -0.3 is 10.4 Å². The van der Waals surface area contributed by atoms with Crippen LogP contribution in [0, 0.1) is 0 Å². The molecule has 0 bridgehead atoms. The van der Waals surface area contributed by atoms with Gasteiger partial charge >= 0.3 is 0 Å². The summed E-state index contributed by atoms with van der Waals surface area (Å²) in [6.07, 6.45) is 7.53. The number of hydrogen-bond donors (Lipinski definition) is 2. The van der Waals surface area contributed by atoms with Crippen molar-refractivity contribution in [3.63, 3.8) is 0 Å². The van der Waals surface area contributed by atoms with E-state index in [9.17, 15) is 4.79 Å². The quantitative estimate of drug-likeness (QED) is 0.702. The number of rotatable bonds is 8. The van der Waals surface area contributed by atoms with Gasteiger partial charge in [0.25, 0.3) is 0 Å². The molecule has 0 saturated heterocycles. The van der Waals surface area contributed by atoms with Gasteiger partial charge in [0, 0.05) is 37.2 Å². The van der Waals surface area contributed by atoms with Crippen LogP contribution in [0.3, 0.4) is 0 Å². The molecule has 1 amide bonds. The molecule has 0 radical (unpaired) electrons. The number of aromatic nitrogens is 2. The maximum Gasteiger partial charge on any atom is 0.244 e. The maximum absolute atomic E-state index is 11.8. The van der Waals surface area contributed by atoms with Gasteiger partial charge in [-0.25, -0.2) is 0 Å². The summed E-state index contributed by atoms with van der Waals surface area (Å²) in [5.74, 6) is 0.656. The van der Waals surface area contributed by atoms with Crippen molar-refractivity contribution < 1.29 is 9.90 Å². The molecular weight excluding hydrogens is 262 g/mol. The number of thioether (sulfide) groups is 1. The minimum Gasteiger partial charge on any atom is -0.396 e. The van der Waals surface area contributed by atoms with Crippen LogP contribution in [-0.2, 0) is 11.3 Å². The summed E-state index contributed by atoms with van der Waals surface area (Å²) in [5, 5.41) is 15.9. The van der Waals surface area contributed by atoms with Gasteiger partial charge in [0.2, 0.25) is 5.91 Å². The second-order valence-electron chi connectivity index (χ2n) is 4.08. The van der Waals surface area contributed by atoms with Crippen LogP contribution in [-0.4, -0.2) is 45.5 Å². The summed E-state index contributed by atoms with van der Waals surface area (Å²) in [4.78, 5) is 11.8. The number of aliphatic hydroxyl groups is 1. The Bertz CT molecular complexity index is 412. The Morgan fingerprint density at radius 2 is 2.47 bits per heavy atom. The van der Waals surface area contributed by atoms with Crippen LogP contribution in [0.15, 0.2) is 18.3 Å². The molecule has 0 saturated carbocycles. The van der Waals surface area contributed by atoms with E-state index >= 15 is 0 Å². The Hall–Kier alpha value is -1.27. The molecule has 19 heavy (non-hydrogen) atoms. The lowest BCUT2D eigenvalue weighted by Crippen LogP contribution is -2.36. The Morgan fingerprint density at radius 1 is 1.68 bits per heavy atom. The lowest BCUT2D eigenvalue weighted by molar-refractivity contribution is -0.117. The molecule has 1 heterocycles. The van der Waals surface area contributed by atoms with Crippen LogP contribution in [0.5, 0.6) is 0 Å². The fourth-order valence-electron chi connectivity index (χ4n) is 1.71. The third-order valence-electron chi connectivity index (χ3n) is 2.65. The first-order valence-electron chi connectivity index (χ1n) is 6.31. The van der Waals surface area contributed by atoms with E-state index in [0.717, 1.165) is 18.0 Å². The number of aliphatic hydroxyl groups excluding tert-OH is 1. The summed E-state index contributed by atoms with van der Waals surface area (Å²) >= 11 is 1.65. The van der Waals surface area contributed by atoms with Gasteiger partial charge in [-0.3, -0.25) is 9.48 Å². The van der Waals surface area contributed by atoms with Crippen LogP contribution in [0.1, 0.15) is 19.0 Å². The summed E-state index contributed by atoms with van der Waals surface area (Å²) in [7, 11) is 0. The fourth-order valence-corrected chi connectivity index (χ4v) is 2.37. The number of carbonyl (C=O) groups excluding carboxylic acids is 1. The van der Waals surface area contributed by atoms with Crippen LogP contribution in [0.2, 0.25) is 0 Å². The van der Waals surface area contributed by atoms with Gasteiger partial charge in [-0.05, 0) is 31.7 Å². The summed E-state index contributed by atoms with van der Waals surface area (Å²) in [5.41, 5.74) is 0.904. The van der Waals surface area contributed by atoms with Crippen LogP contribution in [0.4, 0.5) is 0 Å². The summed E-state index contributed by atoms with van der Waals surface area (Å²) in [6, 6.07) is 1.87. The minimum absolute atomic E-state index is 0.00763. The zero-order valence-electron chi connectivity index (χ0n) is 11.4. The van der Waals surface area contributed by atoms with Gasteiger partial charge in [-0.1, -0.05) is 0 Å². The molecule has 0 fully saturated rings. The van der Waals surface area contributed by atoms with E-state index in [1.54, 1.807) is 24.0 Å². The smallest absolute Gasteiger partial charge is 0.244 e. The van der Waals surface area contributed by atoms with Crippen molar-refractivity contribution >= 4 is 23.7 Å². The van der Waals surface area contributed by atoms with E-state index in [1.165, 1.54) is 6.08 Å². The van der Waals surface area contributed by atoms with E-state index in [0.29, 0.717) is 6.42 Å². The Labute approximate surface area is 118 Å². The number of amides is 1. The van der Waals surface area contributed by atoms with Gasteiger partial charge in [-0.15, -0.1) is 0 Å². The first-order chi connectivity index (χ1) is 9.21. The van der Waals surface area contributed by atoms with Crippen LogP contribution < -0.4 is 5.32 Å². The van der Waals surface area contributed by atoms with Gasteiger partial charge in [0.05, 0.1) is 5.69 Å². The topological polar surface area (TPSA) is 67.2 Å². The van der Waals surface area contributed by atoms with E-state index < -0.39 is 0 Å². The molecular formula is C13H21N3O2S. The molecule has 0 aliphatic heterocycles. The van der Waals surface area contributed by atoms with Crippen molar-refractivity contribution in [1.82, 2.24) is 15.1 Å². The van der Waals surface area contributed by atoms with E-state index in [4.69, 9.17) is 5.11 Å². The molecule has 1 unspecified atom stereocenters. The highest BCUT2D eigenvalue weighted by Crippen LogP contribution is 2.03. The van der Waals surface area contributed by atoms with Gasteiger partial charge in [-0.2, -0.15) is 16.9 Å². The molecule has 0 aliphatic rings. The lowest BCUT2D eigenvalue weighted by atomic mass is 10.2. The number of hydrogen-bond acceptors (Lipinski definition) is 4. The molecule has 106 valence electrons. The van der Waals surface area contributed by atoms with Gasteiger partial charge in [0.15, 0.2) is 0 Å².